The van der Waals surface area contributed by atoms with E-state index >= 15 is 0 Å². The van der Waals surface area contributed by atoms with Crippen molar-refractivity contribution in [3.63, 3.8) is 0 Å². The Hall–Kier alpha value is 0.320. The molecule has 0 aromatic heterocycles. The van der Waals surface area contributed by atoms with Crippen molar-refractivity contribution in [3.8, 4) is 0 Å². The fourth-order valence-corrected chi connectivity index (χ4v) is 4.84. The molecule has 0 aromatic carbocycles. The molecule has 1 N–H and O–H groups in total. The van der Waals surface area contributed by atoms with E-state index in [1.807, 2.05) is 0 Å². The van der Waals surface area contributed by atoms with E-state index in [-0.39, 0.29) is 6.10 Å². The zero-order chi connectivity index (χ0) is 14.2. The highest BCUT2D eigenvalue weighted by Gasteiger charge is 2.28. The first-order chi connectivity index (χ1) is 9.75. The lowest BCUT2D eigenvalue weighted by Gasteiger charge is -2.34. The Morgan fingerprint density at radius 3 is 2.75 bits per heavy atom. The van der Waals surface area contributed by atoms with Crippen molar-refractivity contribution < 1.29 is 9.47 Å². The number of ether oxygens (including phenoxy) is 2. The third-order valence-corrected chi connectivity index (χ3v) is 6.09. The summed E-state index contributed by atoms with van der Waals surface area (Å²) >= 11 is 4.14. The van der Waals surface area contributed by atoms with Crippen LogP contribution in [0.2, 0.25) is 0 Å². The third kappa shape index (κ3) is 5.98. The Balaban J connectivity index is 1.80. The molecule has 0 radical (unpaired) electrons. The van der Waals surface area contributed by atoms with Crippen LogP contribution in [-0.4, -0.2) is 61.0 Å². The average molecular weight is 318 g/mol. The molecule has 0 aliphatic carbocycles. The molecule has 0 aromatic rings. The molecular formula is C15H27NO2S2. The summed E-state index contributed by atoms with van der Waals surface area (Å²) in [4.78, 5) is 0. The van der Waals surface area contributed by atoms with Crippen LogP contribution in [0.3, 0.4) is 0 Å². The van der Waals surface area contributed by atoms with Crippen molar-refractivity contribution in [1.29, 1.82) is 0 Å². The van der Waals surface area contributed by atoms with Gasteiger partial charge in [-0.1, -0.05) is 11.6 Å². The fourth-order valence-electron chi connectivity index (χ4n) is 2.42. The molecule has 116 valence electrons. The van der Waals surface area contributed by atoms with Gasteiger partial charge in [-0.3, -0.25) is 0 Å². The number of thioether (sulfide) groups is 2. The summed E-state index contributed by atoms with van der Waals surface area (Å²) in [5, 5.41) is 3.82. The van der Waals surface area contributed by atoms with E-state index < -0.39 is 0 Å². The Bertz CT molecular complexity index is 300. The molecule has 0 spiro atoms. The quantitative estimate of drug-likeness (QED) is 0.788. The Kier molecular flexibility index (Phi) is 7.81. The maximum Gasteiger partial charge on any atom is 0.0966 e. The lowest BCUT2D eigenvalue weighted by Crippen LogP contribution is -2.52. The first kappa shape index (κ1) is 16.7. The maximum absolute atomic E-state index is 6.00. The Morgan fingerprint density at radius 2 is 2.05 bits per heavy atom. The van der Waals surface area contributed by atoms with Gasteiger partial charge in [-0.2, -0.15) is 23.5 Å². The monoisotopic (exact) mass is 317 g/mol. The summed E-state index contributed by atoms with van der Waals surface area (Å²) in [5.41, 5.74) is 1.31. The van der Waals surface area contributed by atoms with E-state index in [2.05, 4.69) is 48.8 Å². The Morgan fingerprint density at radius 1 is 1.30 bits per heavy atom. The summed E-state index contributed by atoms with van der Waals surface area (Å²) in [6, 6.07) is 1.06. The summed E-state index contributed by atoms with van der Waals surface area (Å²) in [6.45, 7) is 6.49. The van der Waals surface area contributed by atoms with Crippen LogP contribution in [0, 0.1) is 0 Å². The molecule has 0 bridgehead atoms. The molecule has 0 amide bonds. The number of hydrogen-bond acceptors (Lipinski definition) is 5. The minimum absolute atomic E-state index is 0.192. The molecule has 0 unspecified atom stereocenters. The van der Waals surface area contributed by atoms with E-state index in [1.165, 1.54) is 28.6 Å². The molecule has 2 heterocycles. The third-order valence-electron chi connectivity index (χ3n) is 3.57. The van der Waals surface area contributed by atoms with Gasteiger partial charge in [0.1, 0.15) is 0 Å². The summed E-state index contributed by atoms with van der Waals surface area (Å²) < 4.78 is 11.6. The standard InChI is InChI=1S/C15H27NO2S2/c1-12(2)3-6-18-15-9-17-5-4-14(15)16-13-10-19-7-8-20-11-13/h3,13-16H,4-11H2,1-2H3/t14-,15-/m1/s1. The summed E-state index contributed by atoms with van der Waals surface area (Å²) in [6.07, 6.45) is 3.39. The average Bonchev–Trinajstić information content (AvgIpc) is 2.69. The molecule has 3 nitrogen and oxygen atoms in total. The second-order valence-electron chi connectivity index (χ2n) is 5.64. The van der Waals surface area contributed by atoms with E-state index in [1.54, 1.807) is 0 Å². The second-order valence-corrected chi connectivity index (χ2v) is 7.94. The van der Waals surface area contributed by atoms with Gasteiger partial charge in [-0.05, 0) is 20.3 Å². The van der Waals surface area contributed by atoms with E-state index in [4.69, 9.17) is 9.47 Å². The molecule has 20 heavy (non-hydrogen) atoms. The highest BCUT2D eigenvalue weighted by Crippen LogP contribution is 2.19. The zero-order valence-electron chi connectivity index (χ0n) is 12.6. The van der Waals surface area contributed by atoms with Crippen molar-refractivity contribution >= 4 is 23.5 Å². The minimum atomic E-state index is 0.192. The summed E-state index contributed by atoms with van der Waals surface area (Å²) in [7, 11) is 0. The molecule has 5 heteroatoms. The lowest BCUT2D eigenvalue weighted by molar-refractivity contribution is -0.0621. The van der Waals surface area contributed by atoms with Crippen LogP contribution in [0.25, 0.3) is 0 Å². The topological polar surface area (TPSA) is 30.5 Å². The normalized spacial score (nSPS) is 28.9. The van der Waals surface area contributed by atoms with Gasteiger partial charge in [-0.15, -0.1) is 0 Å². The van der Waals surface area contributed by atoms with Gasteiger partial charge in [0.25, 0.3) is 0 Å². The first-order valence-corrected chi connectivity index (χ1v) is 9.81. The van der Waals surface area contributed by atoms with Crippen molar-refractivity contribution in [2.45, 2.75) is 38.5 Å². The number of hydrogen-bond donors (Lipinski definition) is 1. The molecule has 2 aliphatic heterocycles. The predicted octanol–water partition coefficient (Wildman–Crippen LogP) is 2.56. The molecule has 2 fully saturated rings. The molecule has 2 atom stereocenters. The smallest absolute Gasteiger partial charge is 0.0966 e. The second kappa shape index (κ2) is 9.36. The first-order valence-electron chi connectivity index (χ1n) is 7.50. The van der Waals surface area contributed by atoms with Crippen molar-refractivity contribution in [1.82, 2.24) is 5.32 Å². The minimum Gasteiger partial charge on any atom is -0.379 e. The van der Waals surface area contributed by atoms with Crippen LogP contribution < -0.4 is 5.32 Å². The van der Waals surface area contributed by atoms with E-state index in [0.717, 1.165) is 19.6 Å². The van der Waals surface area contributed by atoms with Gasteiger partial charge in [0.2, 0.25) is 0 Å². The fraction of sp³-hybridized carbons (Fsp3) is 0.867. The van der Waals surface area contributed by atoms with Gasteiger partial charge in [0.15, 0.2) is 0 Å². The van der Waals surface area contributed by atoms with Crippen molar-refractivity contribution in [2.75, 3.05) is 42.8 Å². The van der Waals surface area contributed by atoms with Crippen LogP contribution in [0.1, 0.15) is 20.3 Å². The van der Waals surface area contributed by atoms with Gasteiger partial charge in [0, 0.05) is 41.7 Å². The maximum atomic E-state index is 6.00. The van der Waals surface area contributed by atoms with E-state index in [9.17, 15) is 0 Å². The molecule has 2 saturated heterocycles. The zero-order valence-corrected chi connectivity index (χ0v) is 14.2. The van der Waals surface area contributed by atoms with Crippen LogP contribution in [0.4, 0.5) is 0 Å². The Labute approximate surface area is 131 Å². The van der Waals surface area contributed by atoms with Crippen LogP contribution >= 0.6 is 23.5 Å². The van der Waals surface area contributed by atoms with Crippen LogP contribution in [0.5, 0.6) is 0 Å². The van der Waals surface area contributed by atoms with Gasteiger partial charge in [-0.25, -0.2) is 0 Å². The SMILES string of the molecule is CC(C)=CCO[C@@H]1COCC[C@H]1NC1CSCCSC1. The highest BCUT2D eigenvalue weighted by atomic mass is 32.2. The molecule has 2 rings (SSSR count). The largest absolute Gasteiger partial charge is 0.379 e. The predicted molar refractivity (Wildman–Crippen MR) is 90.0 cm³/mol. The molecule has 2 aliphatic rings. The van der Waals surface area contributed by atoms with Crippen molar-refractivity contribution in [3.05, 3.63) is 11.6 Å². The van der Waals surface area contributed by atoms with Crippen LogP contribution in [-0.2, 0) is 9.47 Å². The number of nitrogens with one attached hydrogen (secondary N) is 1. The highest BCUT2D eigenvalue weighted by molar-refractivity contribution is 8.03. The number of allylic oxidation sites excluding steroid dienone is 1. The van der Waals surface area contributed by atoms with Gasteiger partial charge >= 0.3 is 0 Å². The van der Waals surface area contributed by atoms with E-state index in [0.29, 0.717) is 18.7 Å². The lowest BCUT2D eigenvalue weighted by atomic mass is 10.1. The van der Waals surface area contributed by atoms with Crippen LogP contribution in [0.15, 0.2) is 11.6 Å². The summed E-state index contributed by atoms with van der Waals surface area (Å²) in [5.74, 6) is 5.03. The molecular weight excluding hydrogens is 290 g/mol. The number of rotatable bonds is 5. The van der Waals surface area contributed by atoms with Gasteiger partial charge < -0.3 is 14.8 Å². The van der Waals surface area contributed by atoms with Gasteiger partial charge in [0.05, 0.1) is 19.3 Å². The van der Waals surface area contributed by atoms with Crippen molar-refractivity contribution in [2.24, 2.45) is 0 Å². The molecule has 0 saturated carbocycles.